The molecule has 3 rings (SSSR count). The van der Waals surface area contributed by atoms with Crippen molar-refractivity contribution in [2.75, 3.05) is 13.1 Å². The van der Waals surface area contributed by atoms with Gasteiger partial charge in [-0.1, -0.05) is 18.2 Å². The van der Waals surface area contributed by atoms with Crippen molar-refractivity contribution in [2.24, 2.45) is 11.7 Å². The number of para-hydroxylation sites is 1. The molecule has 90 valence electrons. The highest BCUT2D eigenvalue weighted by molar-refractivity contribution is 5.77. The fourth-order valence-electron chi connectivity index (χ4n) is 2.11. The highest BCUT2D eigenvalue weighted by Gasteiger charge is 2.23. The molecule has 17 heavy (non-hydrogen) atoms. The molecule has 1 aliphatic carbocycles. The van der Waals surface area contributed by atoms with Gasteiger partial charge in [0.2, 0.25) is 0 Å². The summed E-state index contributed by atoms with van der Waals surface area (Å²) in [5.74, 6) is 1.81. The standard InChI is InChI=1S/C14H18N2O/c15-8-12(16-9-10-5-6-10)14-7-11-3-1-2-4-13(11)17-14/h1-4,7,10,12,16H,5-6,8-9,15H2. The molecule has 1 atom stereocenters. The van der Waals surface area contributed by atoms with Crippen LogP contribution in [-0.4, -0.2) is 13.1 Å². The van der Waals surface area contributed by atoms with Crippen molar-refractivity contribution in [1.29, 1.82) is 0 Å². The molecule has 1 unspecified atom stereocenters. The van der Waals surface area contributed by atoms with E-state index in [2.05, 4.69) is 17.4 Å². The van der Waals surface area contributed by atoms with Crippen molar-refractivity contribution in [3.63, 3.8) is 0 Å². The second-order valence-electron chi connectivity index (χ2n) is 4.83. The third-order valence-corrected chi connectivity index (χ3v) is 3.37. The first-order valence-electron chi connectivity index (χ1n) is 6.29. The van der Waals surface area contributed by atoms with Crippen LogP contribution in [0.15, 0.2) is 34.7 Å². The molecule has 1 saturated carbocycles. The van der Waals surface area contributed by atoms with Crippen LogP contribution < -0.4 is 11.1 Å². The topological polar surface area (TPSA) is 51.2 Å². The number of benzene rings is 1. The van der Waals surface area contributed by atoms with Gasteiger partial charge in [0.25, 0.3) is 0 Å². The van der Waals surface area contributed by atoms with Crippen LogP contribution in [0.3, 0.4) is 0 Å². The fourth-order valence-corrected chi connectivity index (χ4v) is 2.11. The second-order valence-corrected chi connectivity index (χ2v) is 4.83. The van der Waals surface area contributed by atoms with Crippen molar-refractivity contribution in [3.8, 4) is 0 Å². The number of hydrogen-bond acceptors (Lipinski definition) is 3. The van der Waals surface area contributed by atoms with Gasteiger partial charge in [0.05, 0.1) is 6.04 Å². The summed E-state index contributed by atoms with van der Waals surface area (Å²) in [4.78, 5) is 0. The van der Waals surface area contributed by atoms with E-state index in [0.29, 0.717) is 6.54 Å². The molecule has 1 heterocycles. The highest BCUT2D eigenvalue weighted by Crippen LogP contribution is 2.29. The van der Waals surface area contributed by atoms with Gasteiger partial charge in [0.15, 0.2) is 0 Å². The summed E-state index contributed by atoms with van der Waals surface area (Å²) in [5, 5.41) is 4.64. The number of fused-ring (bicyclic) bond motifs is 1. The van der Waals surface area contributed by atoms with E-state index in [1.165, 1.54) is 12.8 Å². The van der Waals surface area contributed by atoms with Gasteiger partial charge >= 0.3 is 0 Å². The second kappa shape index (κ2) is 4.51. The maximum absolute atomic E-state index is 5.83. The number of nitrogens with one attached hydrogen (secondary N) is 1. The molecular weight excluding hydrogens is 212 g/mol. The van der Waals surface area contributed by atoms with Crippen LogP contribution in [0.5, 0.6) is 0 Å². The summed E-state index contributed by atoms with van der Waals surface area (Å²) in [6.45, 7) is 1.63. The predicted molar refractivity (Wildman–Crippen MR) is 68.7 cm³/mol. The van der Waals surface area contributed by atoms with Crippen LogP contribution in [0.4, 0.5) is 0 Å². The summed E-state index contributed by atoms with van der Waals surface area (Å²) in [6, 6.07) is 10.3. The Balaban J connectivity index is 1.78. The zero-order valence-corrected chi connectivity index (χ0v) is 9.86. The normalized spacial score (nSPS) is 17.5. The first-order chi connectivity index (χ1) is 8.36. The van der Waals surface area contributed by atoms with E-state index in [1.54, 1.807) is 0 Å². The fraction of sp³-hybridized carbons (Fsp3) is 0.429. The smallest absolute Gasteiger partial charge is 0.134 e. The van der Waals surface area contributed by atoms with Gasteiger partial charge in [-0.05, 0) is 37.4 Å². The molecule has 3 heteroatoms. The van der Waals surface area contributed by atoms with Gasteiger partial charge in [-0.2, -0.15) is 0 Å². The average Bonchev–Trinajstić information content (AvgIpc) is 3.08. The lowest BCUT2D eigenvalue weighted by molar-refractivity contribution is 0.428. The summed E-state index contributed by atoms with van der Waals surface area (Å²) in [7, 11) is 0. The maximum atomic E-state index is 5.83. The molecule has 2 aromatic rings. The van der Waals surface area contributed by atoms with E-state index in [4.69, 9.17) is 10.2 Å². The van der Waals surface area contributed by atoms with E-state index < -0.39 is 0 Å². The molecule has 0 saturated heterocycles. The van der Waals surface area contributed by atoms with Gasteiger partial charge < -0.3 is 15.5 Å². The van der Waals surface area contributed by atoms with Crippen LogP contribution in [0.1, 0.15) is 24.6 Å². The van der Waals surface area contributed by atoms with Crippen molar-refractivity contribution >= 4 is 11.0 Å². The van der Waals surface area contributed by atoms with Crippen molar-refractivity contribution in [2.45, 2.75) is 18.9 Å². The zero-order chi connectivity index (χ0) is 11.7. The molecule has 1 aromatic carbocycles. The van der Waals surface area contributed by atoms with Crippen molar-refractivity contribution in [3.05, 3.63) is 36.1 Å². The molecule has 3 N–H and O–H groups in total. The molecule has 0 spiro atoms. The van der Waals surface area contributed by atoms with E-state index in [-0.39, 0.29) is 6.04 Å². The minimum Gasteiger partial charge on any atom is -0.459 e. The SMILES string of the molecule is NCC(NCC1CC1)c1cc2ccccc2o1. The summed E-state index contributed by atoms with van der Waals surface area (Å²) in [5.41, 5.74) is 6.75. The van der Waals surface area contributed by atoms with Gasteiger partial charge in [0, 0.05) is 11.9 Å². The van der Waals surface area contributed by atoms with E-state index >= 15 is 0 Å². The van der Waals surface area contributed by atoms with Crippen LogP contribution in [0, 0.1) is 5.92 Å². The summed E-state index contributed by atoms with van der Waals surface area (Å²) < 4.78 is 5.83. The van der Waals surface area contributed by atoms with E-state index in [9.17, 15) is 0 Å². The molecule has 0 amide bonds. The van der Waals surface area contributed by atoms with Gasteiger partial charge in [-0.3, -0.25) is 0 Å². The number of hydrogen-bond donors (Lipinski definition) is 2. The highest BCUT2D eigenvalue weighted by atomic mass is 16.3. The lowest BCUT2D eigenvalue weighted by Gasteiger charge is -2.13. The van der Waals surface area contributed by atoms with Crippen LogP contribution in [0.25, 0.3) is 11.0 Å². The third kappa shape index (κ3) is 2.35. The Morgan fingerprint density at radius 3 is 2.88 bits per heavy atom. The van der Waals surface area contributed by atoms with Gasteiger partial charge in [-0.15, -0.1) is 0 Å². The van der Waals surface area contributed by atoms with Gasteiger partial charge in [0.1, 0.15) is 11.3 Å². The molecule has 1 aliphatic rings. The lowest BCUT2D eigenvalue weighted by atomic mass is 10.2. The monoisotopic (exact) mass is 230 g/mol. The molecule has 0 radical (unpaired) electrons. The van der Waals surface area contributed by atoms with Crippen LogP contribution in [0.2, 0.25) is 0 Å². The number of nitrogens with two attached hydrogens (primary N) is 1. The molecule has 0 aliphatic heterocycles. The summed E-state index contributed by atoms with van der Waals surface area (Å²) in [6.07, 6.45) is 2.70. The van der Waals surface area contributed by atoms with E-state index in [0.717, 1.165) is 29.2 Å². The predicted octanol–water partition coefficient (Wildman–Crippen LogP) is 2.43. The maximum Gasteiger partial charge on any atom is 0.134 e. The Kier molecular flexibility index (Phi) is 2.87. The Labute approximate surface area is 101 Å². The molecule has 1 aromatic heterocycles. The Bertz CT molecular complexity index is 469. The van der Waals surface area contributed by atoms with Crippen molar-refractivity contribution in [1.82, 2.24) is 5.32 Å². The van der Waals surface area contributed by atoms with Crippen LogP contribution in [-0.2, 0) is 0 Å². The quantitative estimate of drug-likeness (QED) is 0.829. The first-order valence-corrected chi connectivity index (χ1v) is 6.29. The average molecular weight is 230 g/mol. The van der Waals surface area contributed by atoms with Crippen LogP contribution >= 0.6 is 0 Å². The Morgan fingerprint density at radius 2 is 2.18 bits per heavy atom. The molecule has 3 nitrogen and oxygen atoms in total. The Hall–Kier alpha value is -1.32. The Morgan fingerprint density at radius 1 is 1.35 bits per heavy atom. The van der Waals surface area contributed by atoms with Crippen molar-refractivity contribution < 1.29 is 4.42 Å². The van der Waals surface area contributed by atoms with Gasteiger partial charge in [-0.25, -0.2) is 0 Å². The van der Waals surface area contributed by atoms with E-state index in [1.807, 2.05) is 18.2 Å². The first kappa shape index (κ1) is 10.8. The number of furan rings is 1. The third-order valence-electron chi connectivity index (χ3n) is 3.37. The zero-order valence-electron chi connectivity index (χ0n) is 9.86. The molecule has 0 bridgehead atoms. The lowest BCUT2D eigenvalue weighted by Crippen LogP contribution is -2.29. The largest absolute Gasteiger partial charge is 0.459 e. The molecular formula is C14H18N2O. The molecule has 1 fully saturated rings. The minimum atomic E-state index is 0.142. The number of rotatable bonds is 5. The summed E-state index contributed by atoms with van der Waals surface area (Å²) >= 11 is 0. The minimum absolute atomic E-state index is 0.142.